The normalized spacial score (nSPS) is 10.5. The van der Waals surface area contributed by atoms with Gasteiger partial charge in [0.15, 0.2) is 0 Å². The molecule has 0 amide bonds. The van der Waals surface area contributed by atoms with Crippen molar-refractivity contribution in [3.8, 4) is 0 Å². The molecule has 0 radical (unpaired) electrons. The van der Waals surface area contributed by atoms with Gasteiger partial charge in [0.1, 0.15) is 5.82 Å². The molecule has 1 heterocycles. The van der Waals surface area contributed by atoms with E-state index in [-0.39, 0.29) is 0 Å². The van der Waals surface area contributed by atoms with Gasteiger partial charge in [-0.1, -0.05) is 13.8 Å². The third kappa shape index (κ3) is 3.38. The van der Waals surface area contributed by atoms with E-state index >= 15 is 0 Å². The average Bonchev–Trinajstić information content (AvgIpc) is 2.15. The molecule has 1 rings (SSSR count). The molecular weight excluding hydrogens is 188 g/mol. The maximum atomic E-state index is 4.41. The van der Waals surface area contributed by atoms with Gasteiger partial charge in [-0.3, -0.25) is 0 Å². The summed E-state index contributed by atoms with van der Waals surface area (Å²) in [6, 6.07) is 2.00. The van der Waals surface area contributed by atoms with Gasteiger partial charge in [-0.2, -0.15) is 4.98 Å². The van der Waals surface area contributed by atoms with Crippen molar-refractivity contribution in [1.82, 2.24) is 9.97 Å². The van der Waals surface area contributed by atoms with Crippen LogP contribution >= 0.6 is 0 Å². The summed E-state index contributed by atoms with van der Waals surface area (Å²) >= 11 is 0. The Morgan fingerprint density at radius 1 is 1.40 bits per heavy atom. The third-order valence-corrected chi connectivity index (χ3v) is 2.09. The Balaban J connectivity index is 2.88. The minimum absolute atomic E-state index is 0.628. The summed E-state index contributed by atoms with van der Waals surface area (Å²) in [5.41, 5.74) is 0.986. The highest BCUT2D eigenvalue weighted by molar-refractivity contribution is 5.43. The SMILES string of the molecule is CNc1nc(C)cc(N(C)CC(C)C)n1. The van der Waals surface area contributed by atoms with Gasteiger partial charge in [0.2, 0.25) is 5.95 Å². The molecule has 0 fully saturated rings. The van der Waals surface area contributed by atoms with Gasteiger partial charge in [0, 0.05) is 32.4 Å². The highest BCUT2D eigenvalue weighted by Crippen LogP contribution is 2.14. The smallest absolute Gasteiger partial charge is 0.224 e. The van der Waals surface area contributed by atoms with Gasteiger partial charge >= 0.3 is 0 Å². The summed E-state index contributed by atoms with van der Waals surface area (Å²) in [7, 11) is 3.89. The first-order valence-electron chi connectivity index (χ1n) is 5.27. The minimum Gasteiger partial charge on any atom is -0.359 e. The zero-order valence-corrected chi connectivity index (χ0v) is 10.2. The zero-order chi connectivity index (χ0) is 11.4. The highest BCUT2D eigenvalue weighted by Gasteiger charge is 2.07. The molecule has 0 aliphatic heterocycles. The van der Waals surface area contributed by atoms with E-state index in [9.17, 15) is 0 Å². The van der Waals surface area contributed by atoms with Crippen LogP contribution in [0.4, 0.5) is 11.8 Å². The van der Waals surface area contributed by atoms with E-state index in [1.807, 2.05) is 20.0 Å². The lowest BCUT2D eigenvalue weighted by atomic mass is 10.2. The second kappa shape index (κ2) is 4.96. The monoisotopic (exact) mass is 208 g/mol. The largest absolute Gasteiger partial charge is 0.359 e. The van der Waals surface area contributed by atoms with Crippen molar-refractivity contribution in [1.29, 1.82) is 0 Å². The summed E-state index contributed by atoms with van der Waals surface area (Å²) in [6.07, 6.45) is 0. The van der Waals surface area contributed by atoms with Crippen LogP contribution in [0.3, 0.4) is 0 Å². The fourth-order valence-corrected chi connectivity index (χ4v) is 1.50. The quantitative estimate of drug-likeness (QED) is 0.820. The summed E-state index contributed by atoms with van der Waals surface area (Å²) in [5, 5.41) is 2.97. The Bertz CT molecular complexity index is 322. The van der Waals surface area contributed by atoms with Crippen LogP contribution in [-0.2, 0) is 0 Å². The lowest BCUT2D eigenvalue weighted by Gasteiger charge is -2.21. The number of nitrogens with zero attached hydrogens (tertiary/aromatic N) is 3. The Hall–Kier alpha value is -1.32. The molecule has 0 aliphatic rings. The summed E-state index contributed by atoms with van der Waals surface area (Å²) in [5.74, 6) is 2.28. The molecule has 1 N–H and O–H groups in total. The van der Waals surface area contributed by atoms with Gasteiger partial charge in [0.05, 0.1) is 0 Å². The molecule has 0 saturated carbocycles. The van der Waals surface area contributed by atoms with E-state index in [1.54, 1.807) is 0 Å². The van der Waals surface area contributed by atoms with Crippen molar-refractivity contribution in [3.63, 3.8) is 0 Å². The van der Waals surface area contributed by atoms with Crippen molar-refractivity contribution in [2.24, 2.45) is 5.92 Å². The van der Waals surface area contributed by atoms with Crippen LogP contribution in [-0.4, -0.2) is 30.6 Å². The van der Waals surface area contributed by atoms with Crippen LogP contribution < -0.4 is 10.2 Å². The number of anilines is 2. The predicted octanol–water partition coefficient (Wildman–Crippen LogP) is 1.92. The van der Waals surface area contributed by atoms with E-state index in [0.717, 1.165) is 18.1 Å². The Kier molecular flexibility index (Phi) is 3.88. The van der Waals surface area contributed by atoms with Crippen LogP contribution in [0.25, 0.3) is 0 Å². The van der Waals surface area contributed by atoms with Gasteiger partial charge < -0.3 is 10.2 Å². The maximum absolute atomic E-state index is 4.41. The summed E-state index contributed by atoms with van der Waals surface area (Å²) < 4.78 is 0. The van der Waals surface area contributed by atoms with Gasteiger partial charge in [-0.25, -0.2) is 4.98 Å². The number of rotatable bonds is 4. The second-order valence-corrected chi connectivity index (χ2v) is 4.22. The molecule has 15 heavy (non-hydrogen) atoms. The standard InChI is InChI=1S/C11H20N4/c1-8(2)7-15(5)10-6-9(3)13-11(12-4)14-10/h6,8H,7H2,1-5H3,(H,12,13,14). The minimum atomic E-state index is 0.628. The first-order valence-corrected chi connectivity index (χ1v) is 5.27. The second-order valence-electron chi connectivity index (χ2n) is 4.22. The van der Waals surface area contributed by atoms with E-state index in [1.165, 1.54) is 0 Å². The number of hydrogen-bond acceptors (Lipinski definition) is 4. The molecule has 0 unspecified atom stereocenters. The van der Waals surface area contributed by atoms with Crippen LogP contribution in [0.5, 0.6) is 0 Å². The van der Waals surface area contributed by atoms with Crippen LogP contribution in [0.1, 0.15) is 19.5 Å². The summed E-state index contributed by atoms with van der Waals surface area (Å²) in [6.45, 7) is 7.38. The maximum Gasteiger partial charge on any atom is 0.224 e. The van der Waals surface area contributed by atoms with E-state index in [2.05, 4.69) is 41.1 Å². The van der Waals surface area contributed by atoms with Crippen molar-refractivity contribution in [2.75, 3.05) is 30.9 Å². The molecule has 0 aliphatic carbocycles. The van der Waals surface area contributed by atoms with Gasteiger partial charge in [-0.05, 0) is 12.8 Å². The van der Waals surface area contributed by atoms with E-state index in [0.29, 0.717) is 11.9 Å². The lowest BCUT2D eigenvalue weighted by molar-refractivity contribution is 0.634. The molecule has 0 atom stereocenters. The molecule has 1 aromatic rings. The highest BCUT2D eigenvalue weighted by atomic mass is 15.2. The fourth-order valence-electron chi connectivity index (χ4n) is 1.50. The van der Waals surface area contributed by atoms with Gasteiger partial charge in [-0.15, -0.1) is 0 Å². The van der Waals surface area contributed by atoms with Crippen molar-refractivity contribution in [3.05, 3.63) is 11.8 Å². The van der Waals surface area contributed by atoms with Gasteiger partial charge in [0.25, 0.3) is 0 Å². The van der Waals surface area contributed by atoms with Crippen LogP contribution in [0.15, 0.2) is 6.07 Å². The first-order chi connectivity index (χ1) is 7.02. The third-order valence-electron chi connectivity index (χ3n) is 2.09. The molecule has 0 saturated heterocycles. The molecule has 0 bridgehead atoms. The van der Waals surface area contributed by atoms with Crippen LogP contribution in [0, 0.1) is 12.8 Å². The molecule has 84 valence electrons. The molecule has 4 heteroatoms. The Labute approximate surface area is 91.7 Å². The molecule has 1 aromatic heterocycles. The van der Waals surface area contributed by atoms with Crippen molar-refractivity contribution >= 4 is 11.8 Å². The predicted molar refractivity (Wildman–Crippen MR) is 64.4 cm³/mol. The Morgan fingerprint density at radius 3 is 2.60 bits per heavy atom. The fraction of sp³-hybridized carbons (Fsp3) is 0.636. The first kappa shape index (κ1) is 11.8. The van der Waals surface area contributed by atoms with E-state index in [4.69, 9.17) is 0 Å². The van der Waals surface area contributed by atoms with Crippen molar-refractivity contribution < 1.29 is 0 Å². The molecule has 4 nitrogen and oxygen atoms in total. The molecule has 0 aromatic carbocycles. The topological polar surface area (TPSA) is 41.1 Å². The zero-order valence-electron chi connectivity index (χ0n) is 10.2. The Morgan fingerprint density at radius 2 is 2.07 bits per heavy atom. The molecule has 0 spiro atoms. The lowest BCUT2D eigenvalue weighted by Crippen LogP contribution is -2.24. The number of hydrogen-bond donors (Lipinski definition) is 1. The van der Waals surface area contributed by atoms with Crippen LogP contribution in [0.2, 0.25) is 0 Å². The average molecular weight is 208 g/mol. The number of nitrogens with one attached hydrogen (secondary N) is 1. The molecular formula is C11H20N4. The number of aromatic nitrogens is 2. The summed E-state index contributed by atoms with van der Waals surface area (Å²) in [4.78, 5) is 10.8. The number of aryl methyl sites for hydroxylation is 1. The van der Waals surface area contributed by atoms with E-state index < -0.39 is 0 Å². The van der Waals surface area contributed by atoms with Crippen molar-refractivity contribution in [2.45, 2.75) is 20.8 Å².